The fourth-order valence-electron chi connectivity index (χ4n) is 2.26. The van der Waals surface area contributed by atoms with Crippen LogP contribution in [0.2, 0.25) is 0 Å². The van der Waals surface area contributed by atoms with Gasteiger partial charge >= 0.3 is 6.18 Å². The highest BCUT2D eigenvalue weighted by molar-refractivity contribution is 5.78. The van der Waals surface area contributed by atoms with Crippen LogP contribution in [0.4, 0.5) is 13.2 Å². The smallest absolute Gasteiger partial charge is 0.405 e. The van der Waals surface area contributed by atoms with Crippen LogP contribution in [0.25, 0.3) is 0 Å². The molecule has 0 radical (unpaired) electrons. The number of benzene rings is 2. The summed E-state index contributed by atoms with van der Waals surface area (Å²) in [5, 5.41) is 4.61. The first kappa shape index (κ1) is 20.6. The van der Waals surface area contributed by atoms with E-state index < -0.39 is 18.6 Å². The van der Waals surface area contributed by atoms with Crippen molar-refractivity contribution in [3.63, 3.8) is 0 Å². The molecule has 0 atom stereocenters. The van der Waals surface area contributed by atoms with E-state index >= 15 is 0 Å². The molecule has 0 aliphatic heterocycles. The monoisotopic (exact) mass is 382 g/mol. The molecular formula is C19H21F3N2O3. The van der Waals surface area contributed by atoms with Crippen molar-refractivity contribution in [1.82, 2.24) is 10.6 Å². The lowest BCUT2D eigenvalue weighted by Gasteiger charge is -2.13. The molecule has 5 nitrogen and oxygen atoms in total. The second-order valence-corrected chi connectivity index (χ2v) is 5.75. The van der Waals surface area contributed by atoms with Crippen molar-refractivity contribution in [3.05, 3.63) is 59.7 Å². The zero-order valence-corrected chi connectivity index (χ0v) is 14.8. The molecule has 146 valence electrons. The van der Waals surface area contributed by atoms with Crippen molar-refractivity contribution in [2.24, 2.45) is 0 Å². The Hall–Kier alpha value is -2.74. The molecule has 0 aliphatic rings. The van der Waals surface area contributed by atoms with Crippen molar-refractivity contribution < 1.29 is 27.4 Å². The minimum Gasteiger partial charge on any atom is -0.493 e. The third kappa shape index (κ3) is 7.57. The summed E-state index contributed by atoms with van der Waals surface area (Å²) in [6, 6.07) is 14.9. The number of hydrogen-bond acceptors (Lipinski definition) is 4. The van der Waals surface area contributed by atoms with Crippen molar-refractivity contribution in [1.29, 1.82) is 0 Å². The van der Waals surface area contributed by atoms with E-state index in [0.29, 0.717) is 24.7 Å². The molecule has 27 heavy (non-hydrogen) atoms. The van der Waals surface area contributed by atoms with Crippen molar-refractivity contribution >= 4 is 5.91 Å². The van der Waals surface area contributed by atoms with E-state index in [4.69, 9.17) is 9.47 Å². The first-order valence-corrected chi connectivity index (χ1v) is 8.25. The van der Waals surface area contributed by atoms with Gasteiger partial charge in [0.2, 0.25) is 5.91 Å². The van der Waals surface area contributed by atoms with Gasteiger partial charge in [-0.15, -0.1) is 0 Å². The number of alkyl halides is 3. The highest BCUT2D eigenvalue weighted by Gasteiger charge is 2.27. The van der Waals surface area contributed by atoms with Gasteiger partial charge in [0.1, 0.15) is 13.2 Å². The lowest BCUT2D eigenvalue weighted by molar-refractivity contribution is -0.137. The number of methoxy groups -OCH3 is 1. The van der Waals surface area contributed by atoms with E-state index in [1.165, 1.54) is 7.11 Å². The van der Waals surface area contributed by atoms with E-state index in [-0.39, 0.29) is 6.54 Å². The van der Waals surface area contributed by atoms with Crippen molar-refractivity contribution in [3.8, 4) is 11.5 Å². The van der Waals surface area contributed by atoms with Gasteiger partial charge in [-0.3, -0.25) is 4.79 Å². The normalized spacial score (nSPS) is 11.1. The second-order valence-electron chi connectivity index (χ2n) is 5.75. The molecule has 0 aromatic heterocycles. The van der Waals surface area contributed by atoms with Crippen LogP contribution in [0.5, 0.6) is 11.5 Å². The van der Waals surface area contributed by atoms with Gasteiger partial charge in [0.05, 0.1) is 13.7 Å². The summed E-state index contributed by atoms with van der Waals surface area (Å²) in [4.78, 5) is 11.4. The molecule has 1 amide bonds. The lowest BCUT2D eigenvalue weighted by atomic mass is 10.2. The predicted octanol–water partition coefficient (Wildman–Crippen LogP) is 3.04. The maximum Gasteiger partial charge on any atom is 0.405 e. The quantitative estimate of drug-likeness (QED) is 0.700. The fraction of sp³-hybridized carbons (Fsp3) is 0.316. The van der Waals surface area contributed by atoms with Crippen LogP contribution >= 0.6 is 0 Å². The third-order valence-electron chi connectivity index (χ3n) is 3.57. The Balaban J connectivity index is 1.87. The highest BCUT2D eigenvalue weighted by atomic mass is 19.4. The van der Waals surface area contributed by atoms with Crippen LogP contribution in [-0.2, 0) is 17.9 Å². The van der Waals surface area contributed by atoms with Crippen LogP contribution in [-0.4, -0.2) is 32.3 Å². The molecule has 0 saturated carbocycles. The first-order valence-electron chi connectivity index (χ1n) is 8.25. The molecular weight excluding hydrogens is 361 g/mol. The van der Waals surface area contributed by atoms with Gasteiger partial charge in [-0.05, 0) is 23.3 Å². The molecule has 2 aromatic carbocycles. The molecule has 0 heterocycles. The molecule has 0 saturated heterocycles. The van der Waals surface area contributed by atoms with Gasteiger partial charge in [-0.25, -0.2) is 0 Å². The highest BCUT2D eigenvalue weighted by Crippen LogP contribution is 2.28. The van der Waals surface area contributed by atoms with Crippen LogP contribution < -0.4 is 20.1 Å². The number of amides is 1. The Morgan fingerprint density at radius 3 is 2.44 bits per heavy atom. The summed E-state index contributed by atoms with van der Waals surface area (Å²) in [6.45, 7) is -0.894. The number of carbonyl (C=O) groups is 1. The summed E-state index contributed by atoms with van der Waals surface area (Å²) in [7, 11) is 1.54. The van der Waals surface area contributed by atoms with E-state index in [2.05, 4.69) is 5.32 Å². The standard InChI is InChI=1S/C19H21F3N2O3/c1-26-16-8-7-15(10-23-11-18(25)24-13-19(20,21)22)9-17(16)27-12-14-5-3-2-4-6-14/h2-9,23H,10-13H2,1H3,(H,24,25). The minimum atomic E-state index is -4.42. The van der Waals surface area contributed by atoms with E-state index in [9.17, 15) is 18.0 Å². The van der Waals surface area contributed by atoms with E-state index in [1.807, 2.05) is 30.3 Å². The third-order valence-corrected chi connectivity index (χ3v) is 3.57. The molecule has 2 aromatic rings. The summed E-state index contributed by atoms with van der Waals surface area (Å²) in [5.41, 5.74) is 1.81. The Morgan fingerprint density at radius 2 is 1.78 bits per heavy atom. The topological polar surface area (TPSA) is 59.6 Å². The van der Waals surface area contributed by atoms with E-state index in [1.54, 1.807) is 23.5 Å². The largest absolute Gasteiger partial charge is 0.493 e. The van der Waals surface area contributed by atoms with Crippen LogP contribution in [0.1, 0.15) is 11.1 Å². The van der Waals surface area contributed by atoms with Crippen LogP contribution in [0, 0.1) is 0 Å². The molecule has 0 bridgehead atoms. The number of carbonyl (C=O) groups excluding carboxylic acids is 1. The van der Waals surface area contributed by atoms with Crippen molar-refractivity contribution in [2.45, 2.75) is 19.3 Å². The van der Waals surface area contributed by atoms with Gasteiger partial charge in [-0.2, -0.15) is 13.2 Å². The molecule has 0 unspecified atom stereocenters. The zero-order chi connectivity index (χ0) is 19.7. The maximum atomic E-state index is 12.1. The Bertz CT molecular complexity index is 737. The van der Waals surface area contributed by atoms with Gasteiger partial charge in [0.25, 0.3) is 0 Å². The Morgan fingerprint density at radius 1 is 1.04 bits per heavy atom. The van der Waals surface area contributed by atoms with Crippen molar-refractivity contribution in [2.75, 3.05) is 20.2 Å². The number of nitrogens with one attached hydrogen (secondary N) is 2. The van der Waals surface area contributed by atoms with Gasteiger partial charge in [0, 0.05) is 6.54 Å². The van der Waals surface area contributed by atoms with Crippen LogP contribution in [0.3, 0.4) is 0 Å². The number of ether oxygens (including phenoxy) is 2. The van der Waals surface area contributed by atoms with Gasteiger partial charge < -0.3 is 20.1 Å². The molecule has 0 aliphatic carbocycles. The average Bonchev–Trinajstić information content (AvgIpc) is 2.65. The SMILES string of the molecule is COc1ccc(CNCC(=O)NCC(F)(F)F)cc1OCc1ccccc1. The van der Waals surface area contributed by atoms with Crippen LogP contribution in [0.15, 0.2) is 48.5 Å². The number of halogens is 3. The van der Waals surface area contributed by atoms with Gasteiger partial charge in [-0.1, -0.05) is 36.4 Å². The molecule has 2 N–H and O–H groups in total. The first-order chi connectivity index (χ1) is 12.9. The molecule has 0 spiro atoms. The summed E-state index contributed by atoms with van der Waals surface area (Å²) in [5.74, 6) is 0.390. The Labute approximate surface area is 155 Å². The Kier molecular flexibility index (Phi) is 7.48. The average molecular weight is 382 g/mol. The summed E-state index contributed by atoms with van der Waals surface area (Å²) < 4.78 is 47.2. The predicted molar refractivity (Wildman–Crippen MR) is 94.5 cm³/mol. The zero-order valence-electron chi connectivity index (χ0n) is 14.8. The fourth-order valence-corrected chi connectivity index (χ4v) is 2.26. The maximum absolute atomic E-state index is 12.1. The lowest BCUT2D eigenvalue weighted by Crippen LogP contribution is -2.39. The molecule has 0 fully saturated rings. The number of rotatable bonds is 9. The minimum absolute atomic E-state index is 0.220. The summed E-state index contributed by atoms with van der Waals surface area (Å²) in [6.07, 6.45) is -4.42. The summed E-state index contributed by atoms with van der Waals surface area (Å²) >= 11 is 0. The van der Waals surface area contributed by atoms with Gasteiger partial charge in [0.15, 0.2) is 11.5 Å². The second kappa shape index (κ2) is 9.82. The molecule has 8 heteroatoms. The number of hydrogen-bond donors (Lipinski definition) is 2. The van der Waals surface area contributed by atoms with E-state index in [0.717, 1.165) is 11.1 Å². The molecule has 2 rings (SSSR count).